The molecule has 0 N–H and O–H groups in total. The zero-order chi connectivity index (χ0) is 11.3. The summed E-state index contributed by atoms with van der Waals surface area (Å²) in [7, 11) is 1.36. The van der Waals surface area contributed by atoms with E-state index in [0.29, 0.717) is 0 Å². The van der Waals surface area contributed by atoms with Gasteiger partial charge in [0.15, 0.2) is 0 Å². The highest BCUT2D eigenvalue weighted by molar-refractivity contribution is 5.95. The van der Waals surface area contributed by atoms with Gasteiger partial charge < -0.3 is 4.74 Å². The summed E-state index contributed by atoms with van der Waals surface area (Å²) in [6.45, 7) is 5.71. The van der Waals surface area contributed by atoms with Crippen molar-refractivity contribution in [3.8, 4) is 0 Å². The fourth-order valence-corrected chi connectivity index (χ4v) is 1.25. The van der Waals surface area contributed by atoms with Gasteiger partial charge >= 0.3 is 5.97 Å². The van der Waals surface area contributed by atoms with Crippen LogP contribution in [0.2, 0.25) is 0 Å². The molecule has 0 heterocycles. The third-order valence-corrected chi connectivity index (χ3v) is 2.01. The maximum Gasteiger partial charge on any atom is 0.331 e. The molecule has 0 fully saturated rings. The minimum Gasteiger partial charge on any atom is -0.466 e. The topological polar surface area (TPSA) is 26.3 Å². The van der Waals surface area contributed by atoms with E-state index in [1.807, 2.05) is 37.3 Å². The van der Waals surface area contributed by atoms with E-state index in [2.05, 4.69) is 11.3 Å². The summed E-state index contributed by atoms with van der Waals surface area (Å²) >= 11 is 0. The number of esters is 1. The zero-order valence-corrected chi connectivity index (χ0v) is 8.99. The van der Waals surface area contributed by atoms with Crippen LogP contribution in [0.15, 0.2) is 48.6 Å². The van der Waals surface area contributed by atoms with Crippen LogP contribution < -0.4 is 0 Å². The highest BCUT2D eigenvalue weighted by Crippen LogP contribution is 2.20. The fourth-order valence-electron chi connectivity index (χ4n) is 1.25. The Bertz CT molecular complexity index is 388. The van der Waals surface area contributed by atoms with Crippen molar-refractivity contribution < 1.29 is 9.53 Å². The maximum atomic E-state index is 11.2. The smallest absolute Gasteiger partial charge is 0.331 e. The summed E-state index contributed by atoms with van der Waals surface area (Å²) < 4.78 is 4.60. The van der Waals surface area contributed by atoms with Gasteiger partial charge in [0.2, 0.25) is 0 Å². The monoisotopic (exact) mass is 202 g/mol. The molecule has 0 aromatic heterocycles. The van der Waals surface area contributed by atoms with Crippen LogP contribution in [0.5, 0.6) is 0 Å². The molecule has 1 rings (SSSR count). The second kappa shape index (κ2) is 5.15. The van der Waals surface area contributed by atoms with Crippen molar-refractivity contribution >= 4 is 11.5 Å². The summed E-state index contributed by atoms with van der Waals surface area (Å²) in [4.78, 5) is 11.2. The Kier molecular flexibility index (Phi) is 3.86. The minimum absolute atomic E-state index is 0.364. The Morgan fingerprint density at radius 3 is 2.40 bits per heavy atom. The molecule has 0 aliphatic rings. The van der Waals surface area contributed by atoms with Crippen LogP contribution in [0.1, 0.15) is 12.5 Å². The van der Waals surface area contributed by atoms with E-state index in [-0.39, 0.29) is 5.97 Å². The Hall–Kier alpha value is -1.83. The molecule has 2 nitrogen and oxygen atoms in total. The van der Waals surface area contributed by atoms with Gasteiger partial charge in [-0.3, -0.25) is 0 Å². The minimum atomic E-state index is -0.364. The van der Waals surface area contributed by atoms with E-state index < -0.39 is 0 Å². The molecule has 0 atom stereocenters. The number of rotatable bonds is 3. The third kappa shape index (κ3) is 3.09. The van der Waals surface area contributed by atoms with Crippen molar-refractivity contribution in [1.82, 2.24) is 0 Å². The molecule has 15 heavy (non-hydrogen) atoms. The van der Waals surface area contributed by atoms with Crippen LogP contribution in [0.4, 0.5) is 0 Å². The normalized spacial score (nSPS) is 10.9. The standard InChI is InChI=1S/C13H14O2/c1-10(2)12(9-13(14)15-3)11-7-5-4-6-8-11/h4-9H,1H2,2-3H3. The molecule has 0 radical (unpaired) electrons. The predicted octanol–water partition coefficient (Wildman–Crippen LogP) is 2.82. The van der Waals surface area contributed by atoms with Crippen LogP contribution in [-0.2, 0) is 9.53 Å². The van der Waals surface area contributed by atoms with Crippen molar-refractivity contribution in [1.29, 1.82) is 0 Å². The molecular formula is C13H14O2. The molecule has 2 heteroatoms. The van der Waals surface area contributed by atoms with E-state index in [1.165, 1.54) is 13.2 Å². The van der Waals surface area contributed by atoms with E-state index in [9.17, 15) is 4.79 Å². The van der Waals surface area contributed by atoms with Crippen molar-refractivity contribution in [3.63, 3.8) is 0 Å². The Morgan fingerprint density at radius 1 is 1.33 bits per heavy atom. The average Bonchev–Trinajstić information content (AvgIpc) is 2.26. The third-order valence-electron chi connectivity index (χ3n) is 2.01. The van der Waals surface area contributed by atoms with Crippen molar-refractivity contribution in [2.75, 3.05) is 7.11 Å². The Balaban J connectivity index is 3.10. The summed E-state index contributed by atoms with van der Waals surface area (Å²) in [5.74, 6) is -0.364. The molecule has 0 aliphatic heterocycles. The zero-order valence-electron chi connectivity index (χ0n) is 8.99. The molecular weight excluding hydrogens is 188 g/mol. The summed E-state index contributed by atoms with van der Waals surface area (Å²) in [6, 6.07) is 9.64. The largest absolute Gasteiger partial charge is 0.466 e. The van der Waals surface area contributed by atoms with Crippen molar-refractivity contribution in [2.24, 2.45) is 0 Å². The quantitative estimate of drug-likeness (QED) is 0.428. The SMILES string of the molecule is C=C(C)C(=CC(=O)OC)c1ccccc1. The van der Waals surface area contributed by atoms with Gasteiger partial charge in [-0.25, -0.2) is 4.79 Å². The molecule has 0 aliphatic carbocycles. The number of hydrogen-bond donors (Lipinski definition) is 0. The highest BCUT2D eigenvalue weighted by atomic mass is 16.5. The van der Waals surface area contributed by atoms with Gasteiger partial charge in [-0.15, -0.1) is 0 Å². The maximum absolute atomic E-state index is 11.2. The molecule has 78 valence electrons. The number of carbonyl (C=O) groups is 1. The van der Waals surface area contributed by atoms with Crippen LogP contribution in [0.3, 0.4) is 0 Å². The number of ether oxygens (including phenoxy) is 1. The molecule has 0 spiro atoms. The van der Waals surface area contributed by atoms with Crippen LogP contribution >= 0.6 is 0 Å². The number of methoxy groups -OCH3 is 1. The van der Waals surface area contributed by atoms with Crippen LogP contribution in [-0.4, -0.2) is 13.1 Å². The number of allylic oxidation sites excluding steroid dienone is 2. The number of hydrogen-bond acceptors (Lipinski definition) is 2. The van der Waals surface area contributed by atoms with E-state index in [1.54, 1.807) is 0 Å². The van der Waals surface area contributed by atoms with Crippen LogP contribution in [0, 0.1) is 0 Å². The van der Waals surface area contributed by atoms with Gasteiger partial charge in [0.1, 0.15) is 0 Å². The lowest BCUT2D eigenvalue weighted by molar-refractivity contribution is -0.134. The lowest BCUT2D eigenvalue weighted by Crippen LogP contribution is -1.97. The van der Waals surface area contributed by atoms with Gasteiger partial charge in [0.05, 0.1) is 7.11 Å². The van der Waals surface area contributed by atoms with Crippen molar-refractivity contribution in [3.05, 3.63) is 54.1 Å². The lowest BCUT2D eigenvalue weighted by atomic mass is 10.00. The highest BCUT2D eigenvalue weighted by Gasteiger charge is 2.04. The molecule has 0 unspecified atom stereocenters. The van der Waals surface area contributed by atoms with E-state index >= 15 is 0 Å². The first-order chi connectivity index (χ1) is 7.15. The summed E-state index contributed by atoms with van der Waals surface area (Å²) in [5, 5.41) is 0. The number of benzene rings is 1. The van der Waals surface area contributed by atoms with Crippen molar-refractivity contribution in [2.45, 2.75) is 6.92 Å². The molecule has 1 aromatic carbocycles. The predicted molar refractivity (Wildman–Crippen MR) is 61.2 cm³/mol. The van der Waals surface area contributed by atoms with Gasteiger partial charge in [-0.2, -0.15) is 0 Å². The van der Waals surface area contributed by atoms with E-state index in [4.69, 9.17) is 0 Å². The fraction of sp³-hybridized carbons (Fsp3) is 0.154. The van der Waals surface area contributed by atoms with Crippen LogP contribution in [0.25, 0.3) is 5.57 Å². The summed E-state index contributed by atoms with van der Waals surface area (Å²) in [5.41, 5.74) is 2.62. The molecule has 0 amide bonds. The molecule has 0 saturated carbocycles. The molecule has 1 aromatic rings. The summed E-state index contributed by atoms with van der Waals surface area (Å²) in [6.07, 6.45) is 1.46. The van der Waals surface area contributed by atoms with Gasteiger partial charge in [0, 0.05) is 6.08 Å². The lowest BCUT2D eigenvalue weighted by Gasteiger charge is -2.06. The van der Waals surface area contributed by atoms with E-state index in [0.717, 1.165) is 16.7 Å². The van der Waals surface area contributed by atoms with Gasteiger partial charge in [0.25, 0.3) is 0 Å². The first-order valence-electron chi connectivity index (χ1n) is 4.66. The first kappa shape index (κ1) is 11.2. The van der Waals surface area contributed by atoms with Gasteiger partial charge in [-0.05, 0) is 18.1 Å². The Labute approximate surface area is 89.9 Å². The first-order valence-corrected chi connectivity index (χ1v) is 4.66. The van der Waals surface area contributed by atoms with Gasteiger partial charge in [-0.1, -0.05) is 42.5 Å². The number of carbonyl (C=O) groups excluding carboxylic acids is 1. The second-order valence-electron chi connectivity index (χ2n) is 3.23. The average molecular weight is 202 g/mol. The Morgan fingerprint density at radius 2 is 1.93 bits per heavy atom. The second-order valence-corrected chi connectivity index (χ2v) is 3.23. The molecule has 0 bridgehead atoms. The molecule has 0 saturated heterocycles.